The SMILES string of the molecule is Cc1ccc(NC(=O)Nc2cccc3oc(CN4CCN(S(=O)(=O)C(C)C)CC4)nc23)cn1. The van der Waals surface area contributed by atoms with E-state index < -0.39 is 21.3 Å². The fourth-order valence-electron chi connectivity index (χ4n) is 3.62. The molecule has 0 spiro atoms. The van der Waals surface area contributed by atoms with Crippen molar-refractivity contribution in [1.82, 2.24) is 19.2 Å². The molecule has 0 atom stereocenters. The van der Waals surface area contributed by atoms with Crippen molar-refractivity contribution in [2.75, 3.05) is 36.8 Å². The second-order valence-electron chi connectivity index (χ2n) is 8.30. The number of hydrogen-bond acceptors (Lipinski definition) is 7. The molecular weight excluding hydrogens is 444 g/mol. The van der Waals surface area contributed by atoms with Crippen molar-refractivity contribution in [1.29, 1.82) is 0 Å². The summed E-state index contributed by atoms with van der Waals surface area (Å²) in [4.78, 5) is 23.3. The van der Waals surface area contributed by atoms with E-state index in [0.29, 0.717) is 61.1 Å². The van der Waals surface area contributed by atoms with Crippen LogP contribution in [0, 0.1) is 6.92 Å². The lowest BCUT2D eigenvalue weighted by Gasteiger charge is -2.34. The van der Waals surface area contributed by atoms with Gasteiger partial charge < -0.3 is 15.1 Å². The number of nitrogens with one attached hydrogen (secondary N) is 2. The Bertz CT molecular complexity index is 1230. The molecule has 3 heterocycles. The molecule has 0 saturated carbocycles. The van der Waals surface area contributed by atoms with E-state index in [0.717, 1.165) is 5.69 Å². The maximum atomic E-state index is 12.4. The zero-order valence-corrected chi connectivity index (χ0v) is 19.7. The summed E-state index contributed by atoms with van der Waals surface area (Å²) in [5.74, 6) is 0.516. The van der Waals surface area contributed by atoms with Gasteiger partial charge in [0, 0.05) is 31.9 Å². The first-order chi connectivity index (χ1) is 15.7. The Morgan fingerprint density at radius 3 is 2.55 bits per heavy atom. The van der Waals surface area contributed by atoms with Gasteiger partial charge in [-0.05, 0) is 45.0 Å². The number of amides is 2. The van der Waals surface area contributed by atoms with Crippen LogP contribution in [0.3, 0.4) is 0 Å². The Kier molecular flexibility index (Phi) is 6.63. The van der Waals surface area contributed by atoms with Crippen LogP contribution < -0.4 is 10.6 Å². The van der Waals surface area contributed by atoms with Gasteiger partial charge in [0.1, 0.15) is 5.52 Å². The van der Waals surface area contributed by atoms with Crippen LogP contribution in [0.25, 0.3) is 11.1 Å². The Morgan fingerprint density at radius 1 is 1.12 bits per heavy atom. The molecule has 10 nitrogen and oxygen atoms in total. The molecule has 1 aromatic carbocycles. The third-order valence-electron chi connectivity index (χ3n) is 5.53. The van der Waals surface area contributed by atoms with Crippen molar-refractivity contribution in [3.8, 4) is 0 Å². The Balaban J connectivity index is 1.40. The Labute approximate surface area is 193 Å². The number of aromatic nitrogens is 2. The van der Waals surface area contributed by atoms with E-state index in [-0.39, 0.29) is 0 Å². The molecule has 11 heteroatoms. The molecule has 0 unspecified atom stereocenters. The van der Waals surface area contributed by atoms with Gasteiger partial charge in [-0.15, -0.1) is 0 Å². The van der Waals surface area contributed by atoms with Gasteiger partial charge in [-0.3, -0.25) is 9.88 Å². The Morgan fingerprint density at radius 2 is 1.88 bits per heavy atom. The summed E-state index contributed by atoms with van der Waals surface area (Å²) in [5.41, 5.74) is 3.12. The highest BCUT2D eigenvalue weighted by Gasteiger charge is 2.29. The number of hydrogen-bond donors (Lipinski definition) is 2. The number of anilines is 2. The molecule has 2 amide bonds. The molecule has 1 fully saturated rings. The van der Waals surface area contributed by atoms with Crippen LogP contribution in [0.15, 0.2) is 40.9 Å². The summed E-state index contributed by atoms with van der Waals surface area (Å²) in [7, 11) is -3.24. The van der Waals surface area contributed by atoms with Gasteiger partial charge in [0.2, 0.25) is 15.9 Å². The maximum Gasteiger partial charge on any atom is 0.323 e. The van der Waals surface area contributed by atoms with Crippen molar-refractivity contribution in [3.63, 3.8) is 0 Å². The van der Waals surface area contributed by atoms with Gasteiger partial charge in [0.25, 0.3) is 0 Å². The number of urea groups is 1. The van der Waals surface area contributed by atoms with E-state index in [1.165, 1.54) is 0 Å². The maximum absolute atomic E-state index is 12.4. The topological polar surface area (TPSA) is 121 Å². The van der Waals surface area contributed by atoms with Crippen molar-refractivity contribution >= 4 is 38.5 Å². The van der Waals surface area contributed by atoms with Gasteiger partial charge >= 0.3 is 6.03 Å². The molecule has 176 valence electrons. The number of nitrogens with zero attached hydrogens (tertiary/aromatic N) is 4. The predicted molar refractivity (Wildman–Crippen MR) is 127 cm³/mol. The summed E-state index contributed by atoms with van der Waals surface area (Å²) in [6, 6.07) is 8.54. The fourth-order valence-corrected chi connectivity index (χ4v) is 4.89. The molecule has 1 saturated heterocycles. The largest absolute Gasteiger partial charge is 0.439 e. The first-order valence-electron chi connectivity index (χ1n) is 10.8. The number of carbonyl (C=O) groups excluding carboxylic acids is 1. The van der Waals surface area contributed by atoms with Crippen molar-refractivity contribution in [3.05, 3.63) is 48.1 Å². The molecule has 1 aliphatic heterocycles. The highest BCUT2D eigenvalue weighted by molar-refractivity contribution is 7.89. The minimum absolute atomic E-state index is 0.403. The molecule has 33 heavy (non-hydrogen) atoms. The van der Waals surface area contributed by atoms with Crippen molar-refractivity contribution < 1.29 is 17.6 Å². The highest BCUT2D eigenvalue weighted by Crippen LogP contribution is 2.25. The van der Waals surface area contributed by atoms with Crippen LogP contribution in [0.1, 0.15) is 25.4 Å². The van der Waals surface area contributed by atoms with E-state index in [1.807, 2.05) is 13.0 Å². The predicted octanol–water partition coefficient (Wildman–Crippen LogP) is 3.03. The zero-order chi connectivity index (χ0) is 23.6. The van der Waals surface area contributed by atoms with Crippen LogP contribution >= 0.6 is 0 Å². The van der Waals surface area contributed by atoms with Gasteiger partial charge in [-0.25, -0.2) is 18.2 Å². The lowest BCUT2D eigenvalue weighted by molar-refractivity contribution is 0.169. The van der Waals surface area contributed by atoms with E-state index in [2.05, 4.69) is 25.5 Å². The molecule has 0 radical (unpaired) electrons. The lowest BCUT2D eigenvalue weighted by Crippen LogP contribution is -2.50. The number of para-hydroxylation sites is 1. The summed E-state index contributed by atoms with van der Waals surface area (Å²) in [6.45, 7) is 7.83. The van der Waals surface area contributed by atoms with Crippen LogP contribution in [0.4, 0.5) is 16.2 Å². The first-order valence-corrected chi connectivity index (χ1v) is 12.3. The second kappa shape index (κ2) is 9.46. The quantitative estimate of drug-likeness (QED) is 0.566. The average Bonchev–Trinajstić information content (AvgIpc) is 3.19. The van der Waals surface area contributed by atoms with E-state index in [4.69, 9.17) is 4.42 Å². The summed E-state index contributed by atoms with van der Waals surface area (Å²) >= 11 is 0. The van der Waals surface area contributed by atoms with Crippen LogP contribution in [0.2, 0.25) is 0 Å². The number of benzene rings is 1. The van der Waals surface area contributed by atoms with Gasteiger partial charge in [-0.2, -0.15) is 4.31 Å². The minimum Gasteiger partial charge on any atom is -0.439 e. The number of carbonyl (C=O) groups is 1. The minimum atomic E-state index is -3.24. The molecule has 0 aliphatic carbocycles. The number of rotatable bonds is 6. The standard InChI is InChI=1S/C22H28N6O4S/c1-15(2)33(30,31)28-11-9-27(10-12-28)14-20-26-21-18(5-4-6-19(21)32-20)25-22(29)24-17-8-7-16(3)23-13-17/h4-8,13,15H,9-12,14H2,1-3H3,(H2,24,25,29). The fraction of sp³-hybridized carbons (Fsp3) is 0.409. The third-order valence-corrected chi connectivity index (χ3v) is 7.80. The molecule has 2 N–H and O–H groups in total. The molecular formula is C22H28N6O4S. The van der Waals surface area contributed by atoms with Gasteiger partial charge in [-0.1, -0.05) is 6.07 Å². The number of oxazole rings is 1. The smallest absolute Gasteiger partial charge is 0.323 e. The monoisotopic (exact) mass is 472 g/mol. The van der Waals surface area contributed by atoms with E-state index >= 15 is 0 Å². The summed E-state index contributed by atoms with van der Waals surface area (Å²) in [6.07, 6.45) is 1.59. The number of pyridine rings is 1. The average molecular weight is 473 g/mol. The van der Waals surface area contributed by atoms with Crippen molar-refractivity contribution in [2.24, 2.45) is 0 Å². The lowest BCUT2D eigenvalue weighted by atomic mass is 10.3. The molecule has 1 aliphatic rings. The van der Waals surface area contributed by atoms with Crippen LogP contribution in [0.5, 0.6) is 0 Å². The third kappa shape index (κ3) is 5.32. The Hall–Kier alpha value is -3.02. The van der Waals surface area contributed by atoms with E-state index in [9.17, 15) is 13.2 Å². The van der Waals surface area contributed by atoms with Gasteiger partial charge in [0.15, 0.2) is 5.58 Å². The number of sulfonamides is 1. The molecule has 3 aromatic rings. The highest BCUT2D eigenvalue weighted by atomic mass is 32.2. The summed E-state index contributed by atoms with van der Waals surface area (Å²) in [5, 5.41) is 5.13. The molecule has 2 aromatic heterocycles. The van der Waals surface area contributed by atoms with Crippen LogP contribution in [-0.2, 0) is 16.6 Å². The first kappa shape index (κ1) is 23.1. The number of piperazine rings is 1. The number of fused-ring (bicyclic) bond motifs is 1. The van der Waals surface area contributed by atoms with Crippen molar-refractivity contribution in [2.45, 2.75) is 32.6 Å². The molecule has 4 rings (SSSR count). The van der Waals surface area contributed by atoms with Crippen LogP contribution in [-0.4, -0.2) is 65.1 Å². The molecule has 0 bridgehead atoms. The normalized spacial score (nSPS) is 15.8. The number of aryl methyl sites for hydroxylation is 1. The summed E-state index contributed by atoms with van der Waals surface area (Å²) < 4.78 is 32.2. The second-order valence-corrected chi connectivity index (χ2v) is 10.8. The zero-order valence-electron chi connectivity index (χ0n) is 18.9. The van der Waals surface area contributed by atoms with Gasteiger partial charge in [0.05, 0.1) is 29.4 Å². The van der Waals surface area contributed by atoms with E-state index in [1.54, 1.807) is 48.6 Å².